The lowest BCUT2D eigenvalue weighted by molar-refractivity contribution is -0.133. The third-order valence-electron chi connectivity index (χ3n) is 3.10. The van der Waals surface area contributed by atoms with E-state index in [9.17, 15) is 4.79 Å². The van der Waals surface area contributed by atoms with Gasteiger partial charge in [0.2, 0.25) is 0 Å². The number of imidazole rings is 1. The van der Waals surface area contributed by atoms with E-state index < -0.39 is 5.97 Å². The van der Waals surface area contributed by atoms with Crippen molar-refractivity contribution in [3.8, 4) is 0 Å². The quantitative estimate of drug-likeness (QED) is 0.640. The molecular formula is C14H12BrN5O2S. The van der Waals surface area contributed by atoms with Crippen molar-refractivity contribution < 1.29 is 9.90 Å². The minimum absolute atomic E-state index is 0.0863. The largest absolute Gasteiger partial charge is 0.481 e. The van der Waals surface area contributed by atoms with Crippen molar-refractivity contribution in [2.45, 2.75) is 11.7 Å². The van der Waals surface area contributed by atoms with Crippen molar-refractivity contribution in [2.24, 2.45) is 0 Å². The molecule has 0 radical (unpaired) electrons. The Labute approximate surface area is 144 Å². The van der Waals surface area contributed by atoms with Crippen molar-refractivity contribution >= 4 is 50.6 Å². The Morgan fingerprint density at radius 2 is 2.04 bits per heavy atom. The molecule has 9 heteroatoms. The van der Waals surface area contributed by atoms with Gasteiger partial charge in [0, 0.05) is 4.47 Å². The maximum atomic E-state index is 10.8. The molecule has 3 N–H and O–H groups in total. The summed E-state index contributed by atoms with van der Waals surface area (Å²) in [6.45, 7) is 0.516. The van der Waals surface area contributed by atoms with Crippen molar-refractivity contribution in [1.82, 2.24) is 19.5 Å². The Balaban J connectivity index is 2.04. The smallest absolute Gasteiger partial charge is 0.313 e. The normalized spacial score (nSPS) is 11.0. The topological polar surface area (TPSA) is 107 Å². The zero-order valence-electron chi connectivity index (χ0n) is 11.8. The minimum Gasteiger partial charge on any atom is -0.481 e. The first kappa shape index (κ1) is 15.8. The summed E-state index contributed by atoms with van der Waals surface area (Å²) < 4.78 is 2.84. The number of benzene rings is 1. The molecule has 0 bridgehead atoms. The molecule has 3 aromatic rings. The van der Waals surface area contributed by atoms with Gasteiger partial charge in [-0.05, 0) is 17.7 Å². The number of aromatic nitrogens is 4. The second kappa shape index (κ2) is 6.55. The van der Waals surface area contributed by atoms with Gasteiger partial charge in [0.05, 0.1) is 12.3 Å². The number of thioether (sulfide) groups is 1. The Kier molecular flexibility index (Phi) is 4.49. The first-order valence-corrected chi connectivity index (χ1v) is 8.38. The van der Waals surface area contributed by atoms with Crippen molar-refractivity contribution in [1.29, 1.82) is 0 Å². The zero-order chi connectivity index (χ0) is 16.4. The van der Waals surface area contributed by atoms with E-state index in [4.69, 9.17) is 10.8 Å². The molecule has 0 aliphatic carbocycles. The van der Waals surface area contributed by atoms with Gasteiger partial charge >= 0.3 is 5.97 Å². The van der Waals surface area contributed by atoms with E-state index in [0.29, 0.717) is 22.9 Å². The highest BCUT2D eigenvalue weighted by molar-refractivity contribution is 9.10. The monoisotopic (exact) mass is 393 g/mol. The van der Waals surface area contributed by atoms with Crippen LogP contribution < -0.4 is 5.73 Å². The standard InChI is InChI=1S/C14H12BrN5O2S/c15-9-3-1-8(2-4-9)5-20-13-11(12(16)17-7-18-13)19-14(20)23-6-10(21)22/h1-4,7H,5-6H2,(H,21,22)(H2,16,17,18). The van der Waals surface area contributed by atoms with Crippen LogP contribution in [-0.2, 0) is 11.3 Å². The number of carboxylic acids is 1. The van der Waals surface area contributed by atoms with Crippen LogP contribution in [0.4, 0.5) is 5.82 Å². The summed E-state index contributed by atoms with van der Waals surface area (Å²) in [7, 11) is 0. The average Bonchev–Trinajstić information content (AvgIpc) is 2.87. The Bertz CT molecular complexity index is 865. The van der Waals surface area contributed by atoms with Crippen LogP contribution in [-0.4, -0.2) is 36.3 Å². The van der Waals surface area contributed by atoms with E-state index >= 15 is 0 Å². The van der Waals surface area contributed by atoms with Gasteiger partial charge in [-0.2, -0.15) is 0 Å². The van der Waals surface area contributed by atoms with Crippen LogP contribution in [0.2, 0.25) is 0 Å². The Hall–Kier alpha value is -2.13. The van der Waals surface area contributed by atoms with Crippen LogP contribution in [0, 0.1) is 0 Å². The number of carboxylic acid groups (broad SMARTS) is 1. The number of halogens is 1. The highest BCUT2D eigenvalue weighted by atomic mass is 79.9. The van der Waals surface area contributed by atoms with Crippen LogP contribution in [0.3, 0.4) is 0 Å². The lowest BCUT2D eigenvalue weighted by atomic mass is 10.2. The molecule has 118 valence electrons. The van der Waals surface area contributed by atoms with Crippen LogP contribution in [0.25, 0.3) is 11.2 Å². The molecule has 2 aromatic heterocycles. The molecule has 7 nitrogen and oxygen atoms in total. The molecule has 0 atom stereocenters. The number of carbonyl (C=O) groups is 1. The minimum atomic E-state index is -0.906. The van der Waals surface area contributed by atoms with Crippen LogP contribution in [0.15, 0.2) is 40.2 Å². The van der Waals surface area contributed by atoms with Gasteiger partial charge in [0.15, 0.2) is 22.1 Å². The number of nitrogen functional groups attached to an aromatic ring is 1. The van der Waals surface area contributed by atoms with Gasteiger partial charge in [-0.1, -0.05) is 39.8 Å². The summed E-state index contributed by atoms with van der Waals surface area (Å²) in [4.78, 5) is 23.4. The lowest BCUT2D eigenvalue weighted by Crippen LogP contribution is -2.05. The molecule has 0 amide bonds. The first-order chi connectivity index (χ1) is 11.0. The molecule has 0 fully saturated rings. The third-order valence-corrected chi connectivity index (χ3v) is 4.59. The molecule has 1 aromatic carbocycles. The molecule has 0 spiro atoms. The van der Waals surface area contributed by atoms with Crippen LogP contribution >= 0.6 is 27.7 Å². The second-order valence-corrected chi connectivity index (χ2v) is 6.58. The third kappa shape index (κ3) is 3.45. The predicted molar refractivity (Wildman–Crippen MR) is 91.3 cm³/mol. The SMILES string of the molecule is Nc1ncnc2c1nc(SCC(=O)O)n2Cc1ccc(Br)cc1. The fraction of sp³-hybridized carbons (Fsp3) is 0.143. The van der Waals surface area contributed by atoms with E-state index in [1.165, 1.54) is 6.33 Å². The van der Waals surface area contributed by atoms with Gasteiger partial charge in [-0.15, -0.1) is 0 Å². The molecule has 0 saturated heterocycles. The average molecular weight is 394 g/mol. The lowest BCUT2D eigenvalue weighted by Gasteiger charge is -2.08. The number of hydrogen-bond donors (Lipinski definition) is 2. The molecule has 2 heterocycles. The van der Waals surface area contributed by atoms with Gasteiger partial charge in [0.25, 0.3) is 0 Å². The number of nitrogens with two attached hydrogens (primary N) is 1. The van der Waals surface area contributed by atoms with Crippen molar-refractivity contribution in [3.05, 3.63) is 40.6 Å². The summed E-state index contributed by atoms with van der Waals surface area (Å²) >= 11 is 4.53. The zero-order valence-corrected chi connectivity index (χ0v) is 14.2. The Morgan fingerprint density at radius 1 is 1.30 bits per heavy atom. The molecule has 0 aliphatic rings. The molecular weight excluding hydrogens is 382 g/mol. The summed E-state index contributed by atoms with van der Waals surface area (Å²) in [6.07, 6.45) is 1.38. The van der Waals surface area contributed by atoms with Crippen LogP contribution in [0.5, 0.6) is 0 Å². The number of hydrogen-bond acceptors (Lipinski definition) is 6. The van der Waals surface area contributed by atoms with E-state index in [0.717, 1.165) is 21.8 Å². The molecule has 0 unspecified atom stereocenters. The van der Waals surface area contributed by atoms with E-state index in [2.05, 4.69) is 30.9 Å². The van der Waals surface area contributed by atoms with E-state index in [1.54, 1.807) is 0 Å². The van der Waals surface area contributed by atoms with Crippen molar-refractivity contribution in [3.63, 3.8) is 0 Å². The van der Waals surface area contributed by atoms with E-state index in [-0.39, 0.29) is 11.6 Å². The molecule has 3 rings (SSSR count). The highest BCUT2D eigenvalue weighted by Crippen LogP contribution is 2.26. The fourth-order valence-corrected chi connectivity index (χ4v) is 3.06. The highest BCUT2D eigenvalue weighted by Gasteiger charge is 2.16. The van der Waals surface area contributed by atoms with Gasteiger partial charge in [0.1, 0.15) is 6.33 Å². The van der Waals surface area contributed by atoms with Gasteiger partial charge in [-0.3, -0.25) is 9.36 Å². The number of aliphatic carboxylic acids is 1. The number of anilines is 1. The van der Waals surface area contributed by atoms with E-state index in [1.807, 2.05) is 28.8 Å². The number of fused-ring (bicyclic) bond motifs is 1. The summed E-state index contributed by atoms with van der Waals surface area (Å²) in [5, 5.41) is 9.45. The van der Waals surface area contributed by atoms with Crippen LogP contribution in [0.1, 0.15) is 5.56 Å². The first-order valence-electron chi connectivity index (χ1n) is 6.60. The summed E-state index contributed by atoms with van der Waals surface area (Å²) in [5.41, 5.74) is 7.97. The maximum Gasteiger partial charge on any atom is 0.313 e. The van der Waals surface area contributed by atoms with Gasteiger partial charge < -0.3 is 10.8 Å². The fourth-order valence-electron chi connectivity index (χ4n) is 2.09. The molecule has 0 saturated carbocycles. The van der Waals surface area contributed by atoms with Crippen molar-refractivity contribution in [2.75, 3.05) is 11.5 Å². The molecule has 23 heavy (non-hydrogen) atoms. The number of rotatable bonds is 5. The maximum absolute atomic E-state index is 10.8. The van der Waals surface area contributed by atoms with Gasteiger partial charge in [-0.25, -0.2) is 15.0 Å². The predicted octanol–water partition coefficient (Wildman–Crippen LogP) is 2.40. The second-order valence-electron chi connectivity index (χ2n) is 4.72. The summed E-state index contributed by atoms with van der Waals surface area (Å²) in [5.74, 6) is -0.713. The summed E-state index contributed by atoms with van der Waals surface area (Å²) in [6, 6.07) is 7.85. The molecule has 0 aliphatic heterocycles. The number of nitrogens with zero attached hydrogens (tertiary/aromatic N) is 4. The Morgan fingerprint density at radius 3 is 2.74 bits per heavy atom.